The molecule has 3 rings (SSSR count). The minimum atomic E-state index is -3.53. The first kappa shape index (κ1) is 21.4. The predicted molar refractivity (Wildman–Crippen MR) is 113 cm³/mol. The maximum atomic E-state index is 12.7. The van der Waals surface area contributed by atoms with Gasteiger partial charge in [0.25, 0.3) is 5.91 Å². The Kier molecular flexibility index (Phi) is 7.01. The molecule has 1 aliphatic rings. The summed E-state index contributed by atoms with van der Waals surface area (Å²) in [6.07, 6.45) is 1.49. The molecule has 1 amide bonds. The summed E-state index contributed by atoms with van der Waals surface area (Å²) in [6, 6.07) is 13.0. The number of carbonyl (C=O) groups is 1. The number of nitrogens with zero attached hydrogens (tertiary/aromatic N) is 3. The molecular formula is C19H21BrN4O4S. The van der Waals surface area contributed by atoms with Crippen molar-refractivity contribution in [1.29, 1.82) is 0 Å². The molecule has 0 aromatic heterocycles. The predicted octanol–water partition coefficient (Wildman–Crippen LogP) is 1.61. The van der Waals surface area contributed by atoms with Crippen LogP contribution in [0.4, 0.5) is 0 Å². The maximum absolute atomic E-state index is 12.7. The monoisotopic (exact) mass is 480 g/mol. The summed E-state index contributed by atoms with van der Waals surface area (Å²) >= 11 is 3.30. The lowest BCUT2D eigenvalue weighted by atomic mass is 10.2. The third-order valence-corrected chi connectivity index (χ3v) is 6.89. The second kappa shape index (κ2) is 9.49. The van der Waals surface area contributed by atoms with Gasteiger partial charge < -0.3 is 5.11 Å². The van der Waals surface area contributed by atoms with Crippen molar-refractivity contribution in [3.8, 4) is 5.75 Å². The number of aromatic hydroxyl groups is 1. The van der Waals surface area contributed by atoms with Crippen molar-refractivity contribution in [3.63, 3.8) is 0 Å². The van der Waals surface area contributed by atoms with Crippen LogP contribution in [0.2, 0.25) is 0 Å². The molecular weight excluding hydrogens is 460 g/mol. The molecule has 0 spiro atoms. The first-order valence-electron chi connectivity index (χ1n) is 8.93. The van der Waals surface area contributed by atoms with Gasteiger partial charge in [-0.3, -0.25) is 9.69 Å². The van der Waals surface area contributed by atoms with E-state index >= 15 is 0 Å². The number of halogens is 1. The summed E-state index contributed by atoms with van der Waals surface area (Å²) in [5.41, 5.74) is 3.20. The van der Waals surface area contributed by atoms with Crippen LogP contribution in [0, 0.1) is 0 Å². The van der Waals surface area contributed by atoms with Crippen LogP contribution in [0.5, 0.6) is 5.75 Å². The van der Waals surface area contributed by atoms with Crippen LogP contribution >= 0.6 is 15.9 Å². The normalized spacial score (nSPS) is 16.2. The molecule has 2 aromatic rings. The molecule has 1 fully saturated rings. The minimum absolute atomic E-state index is 0.138. The van der Waals surface area contributed by atoms with Gasteiger partial charge in [-0.1, -0.05) is 15.9 Å². The van der Waals surface area contributed by atoms with Crippen LogP contribution in [0.3, 0.4) is 0 Å². The van der Waals surface area contributed by atoms with Crippen LogP contribution in [-0.2, 0) is 14.8 Å². The summed E-state index contributed by atoms with van der Waals surface area (Å²) in [5.74, 6) is -0.114. The Labute approximate surface area is 178 Å². The van der Waals surface area contributed by atoms with Gasteiger partial charge >= 0.3 is 0 Å². The van der Waals surface area contributed by atoms with Crippen molar-refractivity contribution in [1.82, 2.24) is 14.6 Å². The average molecular weight is 481 g/mol. The van der Waals surface area contributed by atoms with E-state index in [2.05, 4.69) is 26.5 Å². The van der Waals surface area contributed by atoms with E-state index in [0.717, 1.165) is 10.0 Å². The topological polar surface area (TPSA) is 102 Å². The second-order valence-electron chi connectivity index (χ2n) is 6.52. The molecule has 0 saturated carbocycles. The number of hydrogen-bond donors (Lipinski definition) is 2. The molecule has 10 heteroatoms. The number of hydrogen-bond acceptors (Lipinski definition) is 6. The Morgan fingerprint density at radius 1 is 1.07 bits per heavy atom. The standard InChI is InChI=1S/C19H21BrN4O4S/c20-16-3-7-18(8-4-16)29(27,28)24-11-9-23(10-12-24)14-19(26)22-21-13-15-1-5-17(25)6-2-15/h1-8,13,25H,9-12,14H2,(H,22,26)/b21-13+. The fourth-order valence-corrected chi connectivity index (χ4v) is 4.55. The number of sulfonamides is 1. The van der Waals surface area contributed by atoms with Crippen LogP contribution in [0.25, 0.3) is 0 Å². The van der Waals surface area contributed by atoms with Gasteiger partial charge in [-0.2, -0.15) is 9.41 Å². The molecule has 0 atom stereocenters. The molecule has 0 unspecified atom stereocenters. The summed E-state index contributed by atoms with van der Waals surface area (Å²) in [4.78, 5) is 14.2. The highest BCUT2D eigenvalue weighted by Crippen LogP contribution is 2.20. The highest BCUT2D eigenvalue weighted by atomic mass is 79.9. The number of hydrazone groups is 1. The molecule has 0 radical (unpaired) electrons. The van der Waals surface area contributed by atoms with Gasteiger partial charge in [0, 0.05) is 30.7 Å². The second-order valence-corrected chi connectivity index (χ2v) is 9.37. The van der Waals surface area contributed by atoms with Crippen LogP contribution < -0.4 is 5.43 Å². The zero-order valence-corrected chi connectivity index (χ0v) is 17.9. The zero-order valence-electron chi connectivity index (χ0n) is 15.5. The SMILES string of the molecule is O=C(CN1CCN(S(=O)(=O)c2ccc(Br)cc2)CC1)N/N=C/c1ccc(O)cc1. The summed E-state index contributed by atoms with van der Waals surface area (Å²) in [6.45, 7) is 1.71. The average Bonchev–Trinajstić information content (AvgIpc) is 2.70. The number of phenolic OH excluding ortho intramolecular Hbond substituents is 1. The van der Waals surface area contributed by atoms with E-state index in [-0.39, 0.29) is 23.1 Å². The molecule has 8 nitrogen and oxygen atoms in total. The number of amides is 1. The molecule has 1 heterocycles. The van der Waals surface area contributed by atoms with Crippen molar-refractivity contribution in [2.45, 2.75) is 4.90 Å². The number of nitrogens with one attached hydrogen (secondary N) is 1. The van der Waals surface area contributed by atoms with Crippen molar-refractivity contribution >= 4 is 38.1 Å². The summed E-state index contributed by atoms with van der Waals surface area (Å²) in [5, 5.41) is 13.1. The van der Waals surface area contributed by atoms with Crippen LogP contribution in [0.1, 0.15) is 5.56 Å². The molecule has 0 bridgehead atoms. The summed E-state index contributed by atoms with van der Waals surface area (Å²) in [7, 11) is -3.53. The smallest absolute Gasteiger partial charge is 0.254 e. The lowest BCUT2D eigenvalue weighted by Crippen LogP contribution is -2.50. The first-order chi connectivity index (χ1) is 13.8. The van der Waals surface area contributed by atoms with Crippen LogP contribution in [0.15, 0.2) is 63.0 Å². The minimum Gasteiger partial charge on any atom is -0.508 e. The number of benzene rings is 2. The van der Waals surface area contributed by atoms with E-state index in [1.807, 2.05) is 4.90 Å². The van der Waals surface area contributed by atoms with E-state index < -0.39 is 10.0 Å². The molecule has 154 valence electrons. The van der Waals surface area contributed by atoms with Gasteiger partial charge in [0.2, 0.25) is 10.0 Å². The van der Waals surface area contributed by atoms with Gasteiger partial charge in [-0.15, -0.1) is 0 Å². The maximum Gasteiger partial charge on any atom is 0.254 e. The molecule has 29 heavy (non-hydrogen) atoms. The van der Waals surface area contributed by atoms with Crippen molar-refractivity contribution in [2.75, 3.05) is 32.7 Å². The van der Waals surface area contributed by atoms with E-state index in [9.17, 15) is 18.3 Å². The highest BCUT2D eigenvalue weighted by molar-refractivity contribution is 9.10. The number of rotatable bonds is 6. The lowest BCUT2D eigenvalue weighted by molar-refractivity contribution is -0.122. The molecule has 0 aliphatic carbocycles. The van der Waals surface area contributed by atoms with Crippen molar-refractivity contribution < 1.29 is 18.3 Å². The Morgan fingerprint density at radius 3 is 2.31 bits per heavy atom. The van der Waals surface area contributed by atoms with Gasteiger partial charge in [0.1, 0.15) is 5.75 Å². The highest BCUT2D eigenvalue weighted by Gasteiger charge is 2.28. The van der Waals surface area contributed by atoms with Gasteiger partial charge in [0.15, 0.2) is 0 Å². The fraction of sp³-hybridized carbons (Fsp3) is 0.263. The Bertz CT molecular complexity index is 970. The van der Waals surface area contributed by atoms with Gasteiger partial charge in [-0.25, -0.2) is 13.8 Å². The number of piperazine rings is 1. The van der Waals surface area contributed by atoms with Crippen molar-refractivity contribution in [2.24, 2.45) is 5.10 Å². The van der Waals surface area contributed by atoms with E-state index in [4.69, 9.17) is 0 Å². The lowest BCUT2D eigenvalue weighted by Gasteiger charge is -2.33. The van der Waals surface area contributed by atoms with Crippen molar-refractivity contribution in [3.05, 3.63) is 58.6 Å². The fourth-order valence-electron chi connectivity index (χ4n) is 2.86. The third kappa shape index (κ3) is 5.86. The quantitative estimate of drug-likeness (QED) is 0.482. The zero-order chi connectivity index (χ0) is 20.9. The third-order valence-electron chi connectivity index (χ3n) is 4.45. The van der Waals surface area contributed by atoms with E-state index in [1.54, 1.807) is 36.4 Å². The van der Waals surface area contributed by atoms with E-state index in [0.29, 0.717) is 26.2 Å². The van der Waals surface area contributed by atoms with E-state index in [1.165, 1.54) is 22.7 Å². The molecule has 2 N–H and O–H groups in total. The Morgan fingerprint density at radius 2 is 1.69 bits per heavy atom. The van der Waals surface area contributed by atoms with Gasteiger partial charge in [0.05, 0.1) is 17.7 Å². The largest absolute Gasteiger partial charge is 0.508 e. The summed E-state index contributed by atoms with van der Waals surface area (Å²) < 4.78 is 27.7. The molecule has 1 saturated heterocycles. The van der Waals surface area contributed by atoms with Crippen LogP contribution in [-0.4, -0.2) is 67.6 Å². The Balaban J connectivity index is 1.47. The Hall–Kier alpha value is -2.27. The first-order valence-corrected chi connectivity index (χ1v) is 11.2. The number of carbonyl (C=O) groups excluding carboxylic acids is 1. The molecule has 2 aromatic carbocycles. The van der Waals surface area contributed by atoms with Gasteiger partial charge in [-0.05, 0) is 54.1 Å². The molecule has 1 aliphatic heterocycles. The number of phenols is 1.